The molecule has 1 aromatic rings. The van der Waals surface area contributed by atoms with Crippen LogP contribution in [0.4, 0.5) is 0 Å². The van der Waals surface area contributed by atoms with E-state index in [0.29, 0.717) is 5.03 Å². The van der Waals surface area contributed by atoms with Crippen molar-refractivity contribution in [1.29, 1.82) is 0 Å². The van der Waals surface area contributed by atoms with E-state index >= 15 is 0 Å². The number of amides is 1. The second-order valence-electron chi connectivity index (χ2n) is 3.42. The second-order valence-corrected chi connectivity index (χ2v) is 3.95. The monoisotopic (exact) mass is 257 g/mol. The molecule has 0 radical (unpaired) electrons. The van der Waals surface area contributed by atoms with Crippen LogP contribution >= 0.6 is 11.6 Å². The van der Waals surface area contributed by atoms with Gasteiger partial charge >= 0.3 is 5.69 Å². The van der Waals surface area contributed by atoms with Gasteiger partial charge in [0.2, 0.25) is 5.91 Å². The molecule has 0 aliphatic rings. The van der Waals surface area contributed by atoms with Gasteiger partial charge in [-0.15, -0.1) is 0 Å². The first-order chi connectivity index (χ1) is 7.91. The Balaban J connectivity index is 2.80. The number of nitrogens with one attached hydrogen (secondary N) is 1. The lowest BCUT2D eigenvalue weighted by Crippen LogP contribution is -2.40. The van der Waals surface area contributed by atoms with Crippen LogP contribution in [0, 0.1) is 0 Å². The van der Waals surface area contributed by atoms with Crippen molar-refractivity contribution >= 4 is 17.5 Å². The Kier molecular flexibility index (Phi) is 4.28. The molecule has 92 valence electrons. The lowest BCUT2D eigenvalue weighted by atomic mass is 10.5. The zero-order chi connectivity index (χ0) is 13.0. The number of carbonyl (C=O) groups excluding carboxylic acids is 1. The van der Waals surface area contributed by atoms with Crippen molar-refractivity contribution in [1.82, 2.24) is 14.5 Å². The smallest absolute Gasteiger partial charge is 0.331 e. The Morgan fingerprint density at radius 3 is 2.76 bits per heavy atom. The van der Waals surface area contributed by atoms with Gasteiger partial charge in [-0.2, -0.15) is 0 Å². The van der Waals surface area contributed by atoms with Gasteiger partial charge < -0.3 is 5.32 Å². The van der Waals surface area contributed by atoms with Crippen LogP contribution in [0.25, 0.3) is 0 Å². The third-order valence-electron chi connectivity index (χ3n) is 2.05. The Hall–Kier alpha value is -1.82. The SMILES string of the molecule is C=C(Cl)CNC(=O)Cn1ccc(=O)n(C)c1=O. The van der Waals surface area contributed by atoms with Crippen LogP contribution in [-0.4, -0.2) is 21.6 Å². The van der Waals surface area contributed by atoms with Crippen molar-refractivity contribution in [2.24, 2.45) is 7.05 Å². The number of aromatic nitrogens is 2. The van der Waals surface area contributed by atoms with Crippen molar-refractivity contribution in [3.63, 3.8) is 0 Å². The van der Waals surface area contributed by atoms with Crippen LogP contribution in [-0.2, 0) is 18.4 Å². The lowest BCUT2D eigenvalue weighted by Gasteiger charge is -2.07. The highest BCUT2D eigenvalue weighted by Gasteiger charge is 2.06. The van der Waals surface area contributed by atoms with Gasteiger partial charge in [0.05, 0.1) is 6.54 Å². The topological polar surface area (TPSA) is 73.1 Å². The normalized spacial score (nSPS) is 10.0. The summed E-state index contributed by atoms with van der Waals surface area (Å²) in [6.45, 7) is 3.38. The molecule has 1 heterocycles. The fraction of sp³-hybridized carbons (Fsp3) is 0.300. The largest absolute Gasteiger partial charge is 0.350 e. The molecule has 1 amide bonds. The molecule has 0 bridgehead atoms. The fourth-order valence-electron chi connectivity index (χ4n) is 1.14. The van der Waals surface area contributed by atoms with E-state index in [1.165, 1.54) is 19.3 Å². The first-order valence-electron chi connectivity index (χ1n) is 4.78. The zero-order valence-electron chi connectivity index (χ0n) is 9.27. The Morgan fingerprint density at radius 1 is 1.53 bits per heavy atom. The molecule has 17 heavy (non-hydrogen) atoms. The molecule has 7 heteroatoms. The zero-order valence-corrected chi connectivity index (χ0v) is 10.0. The molecule has 0 spiro atoms. The number of nitrogens with zero attached hydrogens (tertiary/aromatic N) is 2. The van der Waals surface area contributed by atoms with Crippen molar-refractivity contribution < 1.29 is 4.79 Å². The maximum absolute atomic E-state index is 11.6. The number of hydrogen-bond acceptors (Lipinski definition) is 3. The van der Waals surface area contributed by atoms with Gasteiger partial charge in [0.15, 0.2) is 0 Å². The molecule has 0 fully saturated rings. The second kappa shape index (κ2) is 5.49. The molecule has 0 aliphatic carbocycles. The summed E-state index contributed by atoms with van der Waals surface area (Å²) in [4.78, 5) is 34.1. The minimum absolute atomic E-state index is 0.140. The highest BCUT2D eigenvalue weighted by molar-refractivity contribution is 6.29. The quantitative estimate of drug-likeness (QED) is 0.784. The van der Waals surface area contributed by atoms with Gasteiger partial charge in [0.25, 0.3) is 5.56 Å². The van der Waals surface area contributed by atoms with Gasteiger partial charge in [-0.05, 0) is 0 Å². The van der Waals surface area contributed by atoms with Gasteiger partial charge in [-0.1, -0.05) is 18.2 Å². The number of carbonyl (C=O) groups is 1. The minimum Gasteiger partial charge on any atom is -0.350 e. The molecule has 1 aromatic heterocycles. The number of halogens is 1. The van der Waals surface area contributed by atoms with E-state index in [1.54, 1.807) is 0 Å². The van der Waals surface area contributed by atoms with E-state index in [4.69, 9.17) is 11.6 Å². The van der Waals surface area contributed by atoms with E-state index < -0.39 is 11.2 Å². The molecular formula is C10H12ClN3O3. The maximum Gasteiger partial charge on any atom is 0.331 e. The standard InChI is InChI=1S/C10H12ClN3O3/c1-7(11)5-12-8(15)6-14-4-3-9(16)13(2)10(14)17/h3-4H,1,5-6H2,2H3,(H,12,15). The third kappa shape index (κ3) is 3.60. The average molecular weight is 258 g/mol. The molecule has 1 rings (SSSR count). The van der Waals surface area contributed by atoms with Crippen molar-refractivity contribution in [2.45, 2.75) is 6.54 Å². The molecule has 0 unspecified atom stereocenters. The Morgan fingerprint density at radius 2 is 2.18 bits per heavy atom. The maximum atomic E-state index is 11.6. The van der Waals surface area contributed by atoms with E-state index in [2.05, 4.69) is 11.9 Å². The van der Waals surface area contributed by atoms with Crippen LogP contribution in [0.2, 0.25) is 0 Å². The Labute approximate surface area is 102 Å². The molecule has 0 atom stereocenters. The first kappa shape index (κ1) is 13.2. The van der Waals surface area contributed by atoms with Gasteiger partial charge in [-0.3, -0.25) is 18.7 Å². The van der Waals surface area contributed by atoms with Gasteiger partial charge in [-0.25, -0.2) is 4.79 Å². The minimum atomic E-state index is -0.544. The molecule has 0 saturated heterocycles. The van der Waals surface area contributed by atoms with Crippen LogP contribution in [0.5, 0.6) is 0 Å². The van der Waals surface area contributed by atoms with E-state index in [9.17, 15) is 14.4 Å². The fourth-order valence-corrected chi connectivity index (χ4v) is 1.21. The first-order valence-corrected chi connectivity index (χ1v) is 5.16. The average Bonchev–Trinajstić information content (AvgIpc) is 2.27. The molecule has 1 N–H and O–H groups in total. The summed E-state index contributed by atoms with van der Waals surface area (Å²) in [6, 6.07) is 1.22. The molecule has 0 aromatic carbocycles. The molecule has 6 nitrogen and oxygen atoms in total. The molecule has 0 aliphatic heterocycles. The summed E-state index contributed by atoms with van der Waals surface area (Å²) < 4.78 is 2.06. The third-order valence-corrected chi connectivity index (χ3v) is 2.19. The lowest BCUT2D eigenvalue weighted by molar-refractivity contribution is -0.121. The summed E-state index contributed by atoms with van der Waals surface area (Å²) in [5.74, 6) is -0.382. The molecular weight excluding hydrogens is 246 g/mol. The number of hydrogen-bond donors (Lipinski definition) is 1. The van der Waals surface area contributed by atoms with Crippen LogP contribution in [0.1, 0.15) is 0 Å². The van der Waals surface area contributed by atoms with Crippen LogP contribution in [0.15, 0.2) is 33.5 Å². The van der Waals surface area contributed by atoms with Crippen molar-refractivity contribution in [3.8, 4) is 0 Å². The van der Waals surface area contributed by atoms with E-state index in [1.807, 2.05) is 0 Å². The van der Waals surface area contributed by atoms with Crippen molar-refractivity contribution in [2.75, 3.05) is 6.54 Å². The molecule has 0 saturated carbocycles. The van der Waals surface area contributed by atoms with E-state index in [0.717, 1.165) is 9.13 Å². The van der Waals surface area contributed by atoms with Crippen LogP contribution in [0.3, 0.4) is 0 Å². The predicted molar refractivity (Wildman–Crippen MR) is 63.9 cm³/mol. The van der Waals surface area contributed by atoms with Gasteiger partial charge in [0, 0.05) is 24.3 Å². The highest BCUT2D eigenvalue weighted by atomic mass is 35.5. The highest BCUT2D eigenvalue weighted by Crippen LogP contribution is 1.92. The summed E-state index contributed by atoms with van der Waals surface area (Å²) in [6.07, 6.45) is 1.28. The Bertz CT molecular complexity index is 559. The van der Waals surface area contributed by atoms with Crippen molar-refractivity contribution in [3.05, 3.63) is 44.7 Å². The van der Waals surface area contributed by atoms with Crippen LogP contribution < -0.4 is 16.6 Å². The summed E-state index contributed by atoms with van der Waals surface area (Å²) in [7, 11) is 1.35. The van der Waals surface area contributed by atoms with E-state index in [-0.39, 0.29) is 19.0 Å². The predicted octanol–water partition coefficient (Wildman–Crippen LogP) is -0.584. The number of rotatable bonds is 4. The summed E-state index contributed by atoms with van der Waals surface area (Å²) in [5, 5.41) is 2.77. The summed E-state index contributed by atoms with van der Waals surface area (Å²) >= 11 is 5.48. The summed E-state index contributed by atoms with van der Waals surface area (Å²) in [5.41, 5.74) is -0.960. The van der Waals surface area contributed by atoms with Gasteiger partial charge in [0.1, 0.15) is 6.54 Å².